The van der Waals surface area contributed by atoms with Crippen LogP contribution in [0.4, 0.5) is 0 Å². The molecule has 0 radical (unpaired) electrons. The van der Waals surface area contributed by atoms with E-state index in [9.17, 15) is 4.79 Å². The largest absolute Gasteiger partial charge is 0.493 e. The molecular weight excluding hydrogens is 302 g/mol. The molecule has 2 rings (SSSR count). The zero-order valence-corrected chi connectivity index (χ0v) is 13.7. The fourth-order valence-corrected chi connectivity index (χ4v) is 2.67. The summed E-state index contributed by atoms with van der Waals surface area (Å²) < 4.78 is 15.6. The van der Waals surface area contributed by atoms with Crippen molar-refractivity contribution in [1.82, 2.24) is 4.98 Å². The number of rotatable bonds is 7. The summed E-state index contributed by atoms with van der Waals surface area (Å²) in [5.74, 6) is 0.937. The SMILES string of the molecule is CCc1nc(COC(=O)Cc2ccc(OC)c(OC)c2)cs1. The third kappa shape index (κ3) is 4.21. The van der Waals surface area contributed by atoms with Gasteiger partial charge in [-0.15, -0.1) is 11.3 Å². The normalized spacial score (nSPS) is 10.3. The van der Waals surface area contributed by atoms with E-state index in [2.05, 4.69) is 4.98 Å². The highest BCUT2D eigenvalue weighted by Crippen LogP contribution is 2.27. The Hall–Kier alpha value is -2.08. The predicted molar refractivity (Wildman–Crippen MR) is 84.5 cm³/mol. The Morgan fingerprint density at radius 3 is 2.64 bits per heavy atom. The lowest BCUT2D eigenvalue weighted by molar-refractivity contribution is -0.144. The number of aromatic nitrogens is 1. The number of aryl methyl sites for hydroxylation is 1. The summed E-state index contributed by atoms with van der Waals surface area (Å²) >= 11 is 1.58. The van der Waals surface area contributed by atoms with Crippen molar-refractivity contribution in [1.29, 1.82) is 0 Å². The lowest BCUT2D eigenvalue weighted by atomic mass is 10.1. The quantitative estimate of drug-likeness (QED) is 0.734. The van der Waals surface area contributed by atoms with Crippen molar-refractivity contribution >= 4 is 17.3 Å². The maximum absolute atomic E-state index is 11.9. The Kier molecular flexibility index (Phi) is 5.77. The van der Waals surface area contributed by atoms with Crippen LogP contribution in [0.15, 0.2) is 23.6 Å². The predicted octanol–water partition coefficient (Wildman–Crippen LogP) is 3.01. The molecule has 0 spiro atoms. The topological polar surface area (TPSA) is 57.7 Å². The molecule has 1 aromatic heterocycles. The van der Waals surface area contributed by atoms with Crippen LogP contribution < -0.4 is 9.47 Å². The molecule has 118 valence electrons. The minimum Gasteiger partial charge on any atom is -0.493 e. The van der Waals surface area contributed by atoms with Gasteiger partial charge >= 0.3 is 5.97 Å². The van der Waals surface area contributed by atoms with Crippen LogP contribution in [-0.2, 0) is 29.0 Å². The van der Waals surface area contributed by atoms with Gasteiger partial charge in [0.25, 0.3) is 0 Å². The van der Waals surface area contributed by atoms with Gasteiger partial charge in [0.05, 0.1) is 31.3 Å². The molecule has 0 aliphatic rings. The minimum atomic E-state index is -0.293. The number of carbonyl (C=O) groups excluding carboxylic acids is 1. The lowest BCUT2D eigenvalue weighted by Crippen LogP contribution is -2.08. The van der Waals surface area contributed by atoms with Crippen LogP contribution in [0.5, 0.6) is 11.5 Å². The van der Waals surface area contributed by atoms with E-state index >= 15 is 0 Å². The number of esters is 1. The minimum absolute atomic E-state index is 0.186. The lowest BCUT2D eigenvalue weighted by Gasteiger charge is -2.09. The highest BCUT2D eigenvalue weighted by molar-refractivity contribution is 7.09. The van der Waals surface area contributed by atoms with Crippen molar-refractivity contribution < 1.29 is 19.0 Å². The van der Waals surface area contributed by atoms with E-state index in [-0.39, 0.29) is 19.0 Å². The number of benzene rings is 1. The third-order valence-corrected chi connectivity index (χ3v) is 4.12. The maximum Gasteiger partial charge on any atom is 0.310 e. The first-order valence-corrected chi connectivity index (χ1v) is 7.84. The average molecular weight is 321 g/mol. The van der Waals surface area contributed by atoms with Gasteiger partial charge < -0.3 is 14.2 Å². The van der Waals surface area contributed by atoms with Gasteiger partial charge in [-0.2, -0.15) is 0 Å². The smallest absolute Gasteiger partial charge is 0.310 e. The summed E-state index contributed by atoms with van der Waals surface area (Å²) in [4.78, 5) is 16.3. The molecule has 1 heterocycles. The molecule has 0 aliphatic heterocycles. The van der Waals surface area contributed by atoms with Crippen LogP contribution in [0.3, 0.4) is 0 Å². The van der Waals surface area contributed by atoms with Gasteiger partial charge in [-0.1, -0.05) is 13.0 Å². The molecule has 5 nitrogen and oxygen atoms in total. The van der Waals surface area contributed by atoms with Crippen molar-refractivity contribution in [3.05, 3.63) is 39.8 Å². The molecule has 2 aromatic rings. The summed E-state index contributed by atoms with van der Waals surface area (Å²) in [6, 6.07) is 5.37. The summed E-state index contributed by atoms with van der Waals surface area (Å²) in [6.07, 6.45) is 1.08. The van der Waals surface area contributed by atoms with Gasteiger partial charge in [0, 0.05) is 5.38 Å². The molecule has 0 bridgehead atoms. The molecule has 0 aliphatic carbocycles. The van der Waals surface area contributed by atoms with Crippen LogP contribution in [-0.4, -0.2) is 25.2 Å². The number of hydrogen-bond acceptors (Lipinski definition) is 6. The molecule has 0 saturated carbocycles. The van der Waals surface area contributed by atoms with Crippen LogP contribution in [0, 0.1) is 0 Å². The first-order valence-electron chi connectivity index (χ1n) is 6.96. The van der Waals surface area contributed by atoms with Gasteiger partial charge in [-0.25, -0.2) is 4.98 Å². The number of hydrogen-bond donors (Lipinski definition) is 0. The first-order chi connectivity index (χ1) is 10.7. The number of carbonyl (C=O) groups is 1. The standard InChI is InChI=1S/C16H19NO4S/c1-4-15-17-12(10-22-15)9-21-16(18)8-11-5-6-13(19-2)14(7-11)20-3/h5-7,10H,4,8-9H2,1-3H3. The van der Waals surface area contributed by atoms with E-state index < -0.39 is 0 Å². The Balaban J connectivity index is 1.91. The van der Waals surface area contributed by atoms with Gasteiger partial charge in [0.2, 0.25) is 0 Å². The van der Waals surface area contributed by atoms with Gasteiger partial charge in [-0.05, 0) is 24.1 Å². The molecular formula is C16H19NO4S. The Labute approximate surface area is 133 Å². The zero-order valence-electron chi connectivity index (χ0n) is 12.9. The zero-order chi connectivity index (χ0) is 15.9. The Morgan fingerprint density at radius 2 is 2.00 bits per heavy atom. The second-order valence-corrected chi connectivity index (χ2v) is 5.56. The average Bonchev–Trinajstić information content (AvgIpc) is 3.01. The fourth-order valence-electron chi connectivity index (χ4n) is 1.94. The summed E-state index contributed by atoms with van der Waals surface area (Å²) in [5.41, 5.74) is 1.61. The first kappa shape index (κ1) is 16.3. The highest BCUT2D eigenvalue weighted by atomic mass is 32.1. The Bertz CT molecular complexity index is 639. The number of nitrogens with zero attached hydrogens (tertiary/aromatic N) is 1. The van der Waals surface area contributed by atoms with Crippen LogP contribution >= 0.6 is 11.3 Å². The Morgan fingerprint density at radius 1 is 1.23 bits per heavy atom. The molecule has 0 atom stereocenters. The van der Waals surface area contributed by atoms with Crippen molar-refractivity contribution in [2.75, 3.05) is 14.2 Å². The van der Waals surface area contributed by atoms with Crippen LogP contribution in [0.2, 0.25) is 0 Å². The monoisotopic (exact) mass is 321 g/mol. The van der Waals surface area contributed by atoms with Crippen molar-refractivity contribution in [2.24, 2.45) is 0 Å². The molecule has 1 aromatic carbocycles. The summed E-state index contributed by atoms with van der Waals surface area (Å²) in [7, 11) is 3.14. The third-order valence-electron chi connectivity index (χ3n) is 3.08. The number of thiazole rings is 1. The van der Waals surface area contributed by atoms with Crippen LogP contribution in [0.25, 0.3) is 0 Å². The van der Waals surface area contributed by atoms with Gasteiger partial charge in [0.15, 0.2) is 11.5 Å². The second-order valence-electron chi connectivity index (χ2n) is 4.61. The number of methoxy groups -OCH3 is 2. The summed E-state index contributed by atoms with van der Waals surface area (Å²) in [5, 5.41) is 2.97. The molecule has 0 saturated heterocycles. The molecule has 22 heavy (non-hydrogen) atoms. The van der Waals surface area contributed by atoms with Crippen molar-refractivity contribution in [3.63, 3.8) is 0 Å². The molecule has 0 N–H and O–H groups in total. The van der Waals surface area contributed by atoms with Crippen LogP contribution in [0.1, 0.15) is 23.2 Å². The molecule has 0 unspecified atom stereocenters. The van der Waals surface area contributed by atoms with E-state index in [4.69, 9.17) is 14.2 Å². The highest BCUT2D eigenvalue weighted by Gasteiger charge is 2.10. The van der Waals surface area contributed by atoms with E-state index in [0.717, 1.165) is 22.7 Å². The molecule has 6 heteroatoms. The number of ether oxygens (including phenoxy) is 3. The van der Waals surface area contributed by atoms with E-state index in [1.807, 2.05) is 18.4 Å². The van der Waals surface area contributed by atoms with Gasteiger partial charge in [0.1, 0.15) is 6.61 Å². The molecule has 0 fully saturated rings. The fraction of sp³-hybridized carbons (Fsp3) is 0.375. The second kappa shape index (κ2) is 7.79. The maximum atomic E-state index is 11.9. The van der Waals surface area contributed by atoms with Gasteiger partial charge in [-0.3, -0.25) is 4.79 Å². The van der Waals surface area contributed by atoms with Crippen molar-refractivity contribution in [2.45, 2.75) is 26.4 Å². The molecule has 0 amide bonds. The van der Waals surface area contributed by atoms with E-state index in [1.165, 1.54) is 0 Å². The van der Waals surface area contributed by atoms with E-state index in [1.54, 1.807) is 37.7 Å². The van der Waals surface area contributed by atoms with Crippen molar-refractivity contribution in [3.8, 4) is 11.5 Å². The van der Waals surface area contributed by atoms with E-state index in [0.29, 0.717) is 11.5 Å². The summed E-state index contributed by atoms with van der Waals surface area (Å²) in [6.45, 7) is 2.26.